The average Bonchev–Trinajstić information content (AvgIpc) is 2.77. The van der Waals surface area contributed by atoms with Crippen LogP contribution >= 0.6 is 38.9 Å². The molecular formula is C12H7BrClNO3S. The van der Waals surface area contributed by atoms with Crippen molar-refractivity contribution in [2.45, 2.75) is 0 Å². The number of halogens is 2. The van der Waals surface area contributed by atoms with E-state index in [1.54, 1.807) is 23.6 Å². The number of carboxylic acid groups (broad SMARTS) is 1. The number of hydrogen-bond donors (Lipinski definition) is 2. The number of rotatable bonds is 3. The zero-order valence-corrected chi connectivity index (χ0v) is 12.5. The first-order valence-electron chi connectivity index (χ1n) is 5.07. The van der Waals surface area contributed by atoms with Crippen LogP contribution in [0.15, 0.2) is 34.1 Å². The van der Waals surface area contributed by atoms with E-state index in [2.05, 4.69) is 21.2 Å². The van der Waals surface area contributed by atoms with Gasteiger partial charge in [-0.25, -0.2) is 4.79 Å². The van der Waals surface area contributed by atoms with Gasteiger partial charge in [-0.3, -0.25) is 4.79 Å². The zero-order valence-electron chi connectivity index (χ0n) is 9.31. The van der Waals surface area contributed by atoms with Gasteiger partial charge in [0.05, 0.1) is 16.3 Å². The lowest BCUT2D eigenvalue weighted by molar-refractivity contribution is 0.0698. The quantitative estimate of drug-likeness (QED) is 0.865. The molecule has 0 aliphatic rings. The third kappa shape index (κ3) is 2.97. The average molecular weight is 361 g/mol. The number of benzene rings is 1. The van der Waals surface area contributed by atoms with E-state index in [1.165, 1.54) is 17.4 Å². The molecule has 19 heavy (non-hydrogen) atoms. The molecule has 1 aromatic carbocycles. The number of carbonyl (C=O) groups excluding carboxylic acids is 1. The van der Waals surface area contributed by atoms with Crippen molar-refractivity contribution in [3.8, 4) is 0 Å². The standard InChI is InChI=1S/C12H7BrClNO3S/c13-7-3-1-2-6(12(17)18)9(7)15-11(16)10-8(14)4-5-19-10/h1-5H,(H,15,16)(H,17,18). The summed E-state index contributed by atoms with van der Waals surface area (Å²) in [7, 11) is 0. The number of carboxylic acids is 1. The summed E-state index contributed by atoms with van der Waals surface area (Å²) in [5.74, 6) is -1.55. The molecule has 0 saturated heterocycles. The fourth-order valence-electron chi connectivity index (χ4n) is 1.46. The monoisotopic (exact) mass is 359 g/mol. The van der Waals surface area contributed by atoms with Crippen molar-refractivity contribution in [1.29, 1.82) is 0 Å². The second-order valence-corrected chi connectivity index (χ2v) is 5.70. The van der Waals surface area contributed by atoms with Crippen LogP contribution in [-0.2, 0) is 0 Å². The van der Waals surface area contributed by atoms with Gasteiger partial charge in [-0.05, 0) is 39.5 Å². The van der Waals surface area contributed by atoms with Crippen molar-refractivity contribution in [3.63, 3.8) is 0 Å². The van der Waals surface area contributed by atoms with Gasteiger partial charge >= 0.3 is 5.97 Å². The minimum atomic E-state index is -1.12. The van der Waals surface area contributed by atoms with E-state index in [4.69, 9.17) is 16.7 Å². The molecule has 7 heteroatoms. The molecule has 2 rings (SSSR count). The van der Waals surface area contributed by atoms with Crippen LogP contribution in [0.3, 0.4) is 0 Å². The Kier molecular flexibility index (Phi) is 4.24. The molecule has 1 amide bonds. The minimum absolute atomic E-state index is 0.00963. The van der Waals surface area contributed by atoms with E-state index in [0.29, 0.717) is 14.4 Å². The predicted molar refractivity (Wildman–Crippen MR) is 78.4 cm³/mol. The Labute approximate surface area is 126 Å². The maximum absolute atomic E-state index is 12.0. The van der Waals surface area contributed by atoms with E-state index in [-0.39, 0.29) is 11.3 Å². The summed E-state index contributed by atoms with van der Waals surface area (Å²) in [6.07, 6.45) is 0. The van der Waals surface area contributed by atoms with Crippen molar-refractivity contribution in [2.75, 3.05) is 5.32 Å². The third-order valence-corrected chi connectivity index (χ3v) is 4.31. The Morgan fingerprint density at radius 2 is 2.05 bits per heavy atom. The number of nitrogens with one attached hydrogen (secondary N) is 1. The Hall–Kier alpha value is -1.37. The summed E-state index contributed by atoms with van der Waals surface area (Å²) in [4.78, 5) is 23.5. The molecule has 0 saturated carbocycles. The van der Waals surface area contributed by atoms with Crippen LogP contribution < -0.4 is 5.32 Å². The number of para-hydroxylation sites is 1. The smallest absolute Gasteiger partial charge is 0.337 e. The van der Waals surface area contributed by atoms with Crippen LogP contribution in [0.2, 0.25) is 5.02 Å². The molecule has 2 N–H and O–H groups in total. The van der Waals surface area contributed by atoms with Crippen molar-refractivity contribution >= 4 is 56.4 Å². The molecule has 1 aromatic heterocycles. The molecule has 0 bridgehead atoms. The Morgan fingerprint density at radius 3 is 2.63 bits per heavy atom. The number of anilines is 1. The molecule has 0 spiro atoms. The number of thiophene rings is 1. The molecule has 2 aromatic rings. The third-order valence-electron chi connectivity index (χ3n) is 2.31. The number of aromatic carboxylic acids is 1. The molecule has 0 radical (unpaired) electrons. The maximum atomic E-state index is 12.0. The maximum Gasteiger partial charge on any atom is 0.337 e. The first-order valence-corrected chi connectivity index (χ1v) is 7.12. The fraction of sp³-hybridized carbons (Fsp3) is 0. The van der Waals surface area contributed by atoms with Crippen molar-refractivity contribution in [3.05, 3.63) is 49.6 Å². The lowest BCUT2D eigenvalue weighted by Gasteiger charge is -2.09. The van der Waals surface area contributed by atoms with Gasteiger partial charge in [0.25, 0.3) is 5.91 Å². The molecule has 98 valence electrons. The number of hydrogen-bond acceptors (Lipinski definition) is 3. The summed E-state index contributed by atoms with van der Waals surface area (Å²) in [6, 6.07) is 6.26. The highest BCUT2D eigenvalue weighted by Gasteiger charge is 2.18. The van der Waals surface area contributed by atoms with Gasteiger partial charge in [-0.15, -0.1) is 11.3 Å². The highest BCUT2D eigenvalue weighted by Crippen LogP contribution is 2.29. The van der Waals surface area contributed by atoms with Gasteiger partial charge in [0.15, 0.2) is 0 Å². The summed E-state index contributed by atoms with van der Waals surface area (Å²) < 4.78 is 0.494. The lowest BCUT2D eigenvalue weighted by Crippen LogP contribution is -2.14. The summed E-state index contributed by atoms with van der Waals surface area (Å²) >= 11 is 10.3. The van der Waals surface area contributed by atoms with Crippen molar-refractivity contribution in [2.24, 2.45) is 0 Å². The van der Waals surface area contributed by atoms with Gasteiger partial charge < -0.3 is 10.4 Å². The van der Waals surface area contributed by atoms with Crippen LogP contribution in [0, 0.1) is 0 Å². The summed E-state index contributed by atoms with van der Waals surface area (Å²) in [5.41, 5.74) is 0.222. The number of amides is 1. The Balaban J connectivity index is 2.36. The normalized spacial score (nSPS) is 10.2. The van der Waals surface area contributed by atoms with E-state index in [1.807, 2.05) is 0 Å². The van der Waals surface area contributed by atoms with Crippen LogP contribution in [0.1, 0.15) is 20.0 Å². The molecule has 0 aliphatic carbocycles. The Morgan fingerprint density at radius 1 is 1.32 bits per heavy atom. The SMILES string of the molecule is O=C(O)c1cccc(Br)c1NC(=O)c1sccc1Cl. The summed E-state index contributed by atoms with van der Waals surface area (Å²) in [5, 5.41) is 13.7. The van der Waals surface area contributed by atoms with E-state index in [0.717, 1.165) is 0 Å². The minimum Gasteiger partial charge on any atom is -0.478 e. The van der Waals surface area contributed by atoms with Gasteiger partial charge in [-0.2, -0.15) is 0 Å². The largest absolute Gasteiger partial charge is 0.478 e. The van der Waals surface area contributed by atoms with E-state index >= 15 is 0 Å². The van der Waals surface area contributed by atoms with Gasteiger partial charge in [0.2, 0.25) is 0 Å². The van der Waals surface area contributed by atoms with Gasteiger partial charge in [-0.1, -0.05) is 17.7 Å². The molecule has 0 unspecified atom stereocenters. The second-order valence-electron chi connectivity index (χ2n) is 3.52. The fourth-order valence-corrected chi connectivity index (χ4v) is 2.96. The number of carbonyl (C=O) groups is 2. The molecular weight excluding hydrogens is 354 g/mol. The molecule has 0 fully saturated rings. The summed E-state index contributed by atoms with van der Waals surface area (Å²) in [6.45, 7) is 0. The first kappa shape index (κ1) is 14.0. The van der Waals surface area contributed by atoms with Crippen LogP contribution in [-0.4, -0.2) is 17.0 Å². The lowest BCUT2D eigenvalue weighted by atomic mass is 10.2. The van der Waals surface area contributed by atoms with Gasteiger partial charge in [0.1, 0.15) is 4.88 Å². The van der Waals surface area contributed by atoms with Crippen molar-refractivity contribution < 1.29 is 14.7 Å². The van der Waals surface area contributed by atoms with Crippen molar-refractivity contribution in [1.82, 2.24) is 0 Å². The highest BCUT2D eigenvalue weighted by molar-refractivity contribution is 9.10. The molecule has 1 heterocycles. The topological polar surface area (TPSA) is 66.4 Å². The Bertz CT molecular complexity index is 656. The van der Waals surface area contributed by atoms with Crippen LogP contribution in [0.5, 0.6) is 0 Å². The van der Waals surface area contributed by atoms with E-state index in [9.17, 15) is 9.59 Å². The second kappa shape index (κ2) is 5.73. The molecule has 0 atom stereocenters. The van der Waals surface area contributed by atoms with Gasteiger partial charge in [0, 0.05) is 4.47 Å². The van der Waals surface area contributed by atoms with Crippen LogP contribution in [0.25, 0.3) is 0 Å². The molecule has 0 aliphatic heterocycles. The first-order chi connectivity index (χ1) is 9.00. The highest BCUT2D eigenvalue weighted by atomic mass is 79.9. The molecule has 4 nitrogen and oxygen atoms in total. The van der Waals surface area contributed by atoms with Crippen LogP contribution in [0.4, 0.5) is 5.69 Å². The zero-order chi connectivity index (χ0) is 14.0. The van der Waals surface area contributed by atoms with E-state index < -0.39 is 11.9 Å². The predicted octanol–water partition coefficient (Wildman–Crippen LogP) is 4.11.